The summed E-state index contributed by atoms with van der Waals surface area (Å²) >= 11 is 5.88. The molecule has 176 valence electrons. The fraction of sp³-hybridized carbons (Fsp3) is 0.375. The van der Waals surface area contributed by atoms with E-state index in [1.165, 1.54) is 17.6 Å². The number of ether oxygens (including phenoxy) is 2. The lowest BCUT2D eigenvalue weighted by Gasteiger charge is -2.21. The predicted molar refractivity (Wildman–Crippen MR) is 130 cm³/mol. The third kappa shape index (κ3) is 5.50. The van der Waals surface area contributed by atoms with E-state index >= 15 is 0 Å². The van der Waals surface area contributed by atoms with Crippen molar-refractivity contribution in [3.05, 3.63) is 74.5 Å². The number of carbonyl (C=O) groups excluding carboxylic acids is 1. The van der Waals surface area contributed by atoms with E-state index in [1.807, 2.05) is 0 Å². The number of hydrogen-bond acceptors (Lipinski definition) is 5. The Balaban J connectivity index is 2.01. The monoisotopic (exact) mass is 493 g/mol. The molecule has 3 aromatic rings. The number of aromatic nitrogens is 2. The van der Waals surface area contributed by atoms with Gasteiger partial charge < -0.3 is 9.47 Å². The summed E-state index contributed by atoms with van der Waals surface area (Å²) in [5.41, 5.74) is 0.639. The van der Waals surface area contributed by atoms with Gasteiger partial charge in [0.25, 0.3) is 0 Å². The van der Waals surface area contributed by atoms with Crippen LogP contribution in [0.3, 0.4) is 0 Å². The molecule has 0 aliphatic carbocycles. The Morgan fingerprint density at radius 2 is 1.97 bits per heavy atom. The second kappa shape index (κ2) is 10.1. The van der Waals surface area contributed by atoms with Gasteiger partial charge in [-0.15, -0.1) is 0 Å². The molecule has 0 unspecified atom stereocenters. The summed E-state index contributed by atoms with van der Waals surface area (Å²) in [4.78, 5) is 29.9. The first-order valence-electron chi connectivity index (χ1n) is 10.3. The van der Waals surface area contributed by atoms with E-state index in [4.69, 9.17) is 21.1 Å². The second-order valence-electron chi connectivity index (χ2n) is 8.42. The molecule has 2 aromatic heterocycles. The van der Waals surface area contributed by atoms with Crippen LogP contribution in [0.4, 0.5) is 4.39 Å². The Labute approximate surface area is 200 Å². The molecule has 0 radical (unpaired) electrons. The summed E-state index contributed by atoms with van der Waals surface area (Å²) in [7, 11) is 1.36. The topological polar surface area (TPSA) is 69.9 Å². The summed E-state index contributed by atoms with van der Waals surface area (Å²) in [5.74, 6) is -1.41. The summed E-state index contributed by atoms with van der Waals surface area (Å²) < 4.78 is 26.3. The van der Waals surface area contributed by atoms with Crippen molar-refractivity contribution < 1.29 is 18.7 Å². The molecule has 1 aromatic carbocycles. The van der Waals surface area contributed by atoms with Crippen LogP contribution in [0.1, 0.15) is 41.9 Å². The number of halogens is 2. The summed E-state index contributed by atoms with van der Waals surface area (Å²) in [5, 5.41) is 0.0375. The number of pyridine rings is 1. The van der Waals surface area contributed by atoms with Gasteiger partial charge in [0.05, 0.1) is 31.3 Å². The molecule has 9 heteroatoms. The van der Waals surface area contributed by atoms with Crippen LogP contribution in [0.2, 0.25) is 5.02 Å². The summed E-state index contributed by atoms with van der Waals surface area (Å²) in [6.45, 7) is 4.51. The number of carbonyl (C=O) groups is 1. The maximum Gasteiger partial charge on any atom is 0.360 e. The number of esters is 1. The molecule has 33 heavy (non-hydrogen) atoms. The van der Waals surface area contributed by atoms with Gasteiger partial charge in [0.15, 0.2) is 5.69 Å². The number of methoxy groups -OCH3 is 1. The molecule has 2 heterocycles. The van der Waals surface area contributed by atoms with Crippen molar-refractivity contribution in [2.75, 3.05) is 26.2 Å². The largest absolute Gasteiger partial charge is 0.486 e. The Bertz CT molecular complexity index is 1240. The molecule has 0 spiro atoms. The van der Waals surface area contributed by atoms with E-state index in [1.54, 1.807) is 30.5 Å². The van der Waals surface area contributed by atoms with Crippen LogP contribution in [0.15, 0.2) is 41.3 Å². The van der Waals surface area contributed by atoms with Gasteiger partial charge >= 0.3 is 11.5 Å². The predicted octanol–water partition coefficient (Wildman–Crippen LogP) is 4.29. The molecule has 0 atom stereocenters. The highest BCUT2D eigenvalue weighted by Crippen LogP contribution is 2.23. The van der Waals surface area contributed by atoms with Crippen molar-refractivity contribution >= 4 is 34.1 Å². The first kappa shape index (κ1) is 25.1. The zero-order valence-corrected chi connectivity index (χ0v) is 20.8. The minimum absolute atomic E-state index is 0.0140. The fourth-order valence-electron chi connectivity index (χ4n) is 3.14. The molecule has 0 bridgehead atoms. The van der Waals surface area contributed by atoms with Crippen LogP contribution in [0.5, 0.6) is 5.75 Å². The highest BCUT2D eigenvalue weighted by atomic mass is 35.5. The maximum absolute atomic E-state index is 14.3. The van der Waals surface area contributed by atoms with E-state index in [2.05, 4.69) is 31.3 Å². The normalized spacial score (nSPS) is 11.8. The van der Waals surface area contributed by atoms with Crippen molar-refractivity contribution in [1.82, 2.24) is 9.38 Å². The average Bonchev–Trinajstić information content (AvgIpc) is 2.77. The third-order valence-corrected chi connectivity index (χ3v) is 8.41. The third-order valence-electron chi connectivity index (χ3n) is 5.70. The Morgan fingerprint density at radius 1 is 1.24 bits per heavy atom. The van der Waals surface area contributed by atoms with E-state index in [9.17, 15) is 14.0 Å². The number of rotatable bonds is 8. The van der Waals surface area contributed by atoms with Gasteiger partial charge in [0.2, 0.25) is 5.75 Å². The summed E-state index contributed by atoms with van der Waals surface area (Å²) in [6.07, 6.45) is 6.79. The minimum atomic E-state index is -0.750. The number of nitrogens with zero attached hydrogens (tertiary/aromatic N) is 2. The molecule has 0 aliphatic rings. The van der Waals surface area contributed by atoms with Crippen LogP contribution in [-0.2, 0) is 22.1 Å². The maximum atomic E-state index is 14.3. The lowest BCUT2D eigenvalue weighted by molar-refractivity contribution is 0.0588. The van der Waals surface area contributed by atoms with Crippen LogP contribution >= 0.6 is 11.6 Å². The lowest BCUT2D eigenvalue weighted by atomic mass is 10.1. The lowest BCUT2D eigenvalue weighted by Crippen LogP contribution is -2.33. The molecule has 0 N–H and O–H groups in total. The van der Waals surface area contributed by atoms with Crippen LogP contribution < -0.4 is 10.3 Å². The molecule has 0 fully saturated rings. The molecule has 6 nitrogen and oxygen atoms in total. The SMILES string of the molecule is COC(=O)c1nc2ccc(Cc3cccc(Cl)c3F)cn2c(=O)c1OCCC(C)(C)[S+](C)C. The van der Waals surface area contributed by atoms with E-state index in [0.29, 0.717) is 17.5 Å². The molecular formula is C24H27ClFN2O4S+. The number of fused-ring (bicyclic) bond motifs is 1. The van der Waals surface area contributed by atoms with Crippen LogP contribution in [-0.4, -0.2) is 46.3 Å². The summed E-state index contributed by atoms with van der Waals surface area (Å²) in [6, 6.07) is 8.10. The highest BCUT2D eigenvalue weighted by Gasteiger charge is 2.31. The van der Waals surface area contributed by atoms with E-state index in [0.717, 1.165) is 0 Å². The fourth-order valence-corrected chi connectivity index (χ4v) is 3.83. The first-order chi connectivity index (χ1) is 15.5. The van der Waals surface area contributed by atoms with Crippen molar-refractivity contribution in [1.29, 1.82) is 0 Å². The Kier molecular flexibility index (Phi) is 7.69. The van der Waals surface area contributed by atoms with Crippen molar-refractivity contribution in [2.24, 2.45) is 0 Å². The van der Waals surface area contributed by atoms with Gasteiger partial charge in [0.1, 0.15) is 16.2 Å². The molecule has 0 amide bonds. The van der Waals surface area contributed by atoms with Crippen LogP contribution in [0.25, 0.3) is 5.65 Å². The van der Waals surface area contributed by atoms with Crippen LogP contribution in [0, 0.1) is 5.82 Å². The van der Waals surface area contributed by atoms with Gasteiger partial charge in [-0.05, 0) is 48.0 Å². The second-order valence-corrected chi connectivity index (χ2v) is 11.6. The Morgan fingerprint density at radius 3 is 2.64 bits per heavy atom. The average molecular weight is 494 g/mol. The Hall–Kier alpha value is -2.58. The molecule has 0 saturated heterocycles. The zero-order chi connectivity index (χ0) is 24.3. The van der Waals surface area contributed by atoms with Gasteiger partial charge in [-0.25, -0.2) is 14.2 Å². The van der Waals surface area contributed by atoms with E-state index in [-0.39, 0.29) is 50.8 Å². The molecular weight excluding hydrogens is 467 g/mol. The number of hydrogen-bond donors (Lipinski definition) is 0. The van der Waals surface area contributed by atoms with E-state index < -0.39 is 17.3 Å². The van der Waals surface area contributed by atoms with Crippen molar-refractivity contribution in [3.8, 4) is 5.75 Å². The molecule has 3 rings (SSSR count). The highest BCUT2D eigenvalue weighted by molar-refractivity contribution is 7.96. The first-order valence-corrected chi connectivity index (χ1v) is 12.7. The van der Waals surface area contributed by atoms with Gasteiger partial charge in [-0.3, -0.25) is 9.20 Å². The quantitative estimate of drug-likeness (QED) is 0.346. The van der Waals surface area contributed by atoms with Gasteiger partial charge in [-0.2, -0.15) is 0 Å². The van der Waals surface area contributed by atoms with Gasteiger partial charge in [-0.1, -0.05) is 29.8 Å². The molecule has 0 aliphatic heterocycles. The number of benzene rings is 1. The minimum Gasteiger partial charge on any atom is -0.486 e. The van der Waals surface area contributed by atoms with Crippen molar-refractivity contribution in [3.63, 3.8) is 0 Å². The zero-order valence-electron chi connectivity index (χ0n) is 19.3. The standard InChI is InChI=1S/C24H27ClFN2O4S/c1-24(2,33(4)5)11-12-32-21-20(23(30)31-3)27-18-10-9-15(14-28(18)22(21)29)13-16-7-6-8-17(25)19(16)26/h6-10,14H,11-13H2,1-5H3/q+1. The molecule has 0 saturated carbocycles. The van der Waals surface area contributed by atoms with Crippen molar-refractivity contribution in [2.45, 2.75) is 31.4 Å². The smallest absolute Gasteiger partial charge is 0.360 e. The van der Waals surface area contributed by atoms with Gasteiger partial charge in [0, 0.05) is 19.0 Å².